The summed E-state index contributed by atoms with van der Waals surface area (Å²) >= 11 is 6.38. The molecule has 4 heteroatoms. The van der Waals surface area contributed by atoms with E-state index in [4.69, 9.17) is 11.6 Å². The summed E-state index contributed by atoms with van der Waals surface area (Å²) in [6, 6.07) is 0.550. The number of aryl methyl sites for hydroxylation is 1. The average Bonchev–Trinajstić information content (AvgIpc) is 2.77. The summed E-state index contributed by atoms with van der Waals surface area (Å²) in [6.45, 7) is 8.55. The van der Waals surface area contributed by atoms with Gasteiger partial charge in [-0.3, -0.25) is 4.68 Å². The third-order valence-electron chi connectivity index (χ3n) is 4.18. The van der Waals surface area contributed by atoms with Gasteiger partial charge in [0.1, 0.15) is 0 Å². The van der Waals surface area contributed by atoms with E-state index in [9.17, 15) is 0 Å². The van der Waals surface area contributed by atoms with Crippen LogP contribution in [0.2, 0.25) is 5.02 Å². The van der Waals surface area contributed by atoms with Gasteiger partial charge in [-0.15, -0.1) is 0 Å². The molecule has 0 spiro atoms. The third-order valence-corrected chi connectivity index (χ3v) is 4.47. The molecule has 2 unspecified atom stereocenters. The van der Waals surface area contributed by atoms with Crippen molar-refractivity contribution < 1.29 is 0 Å². The van der Waals surface area contributed by atoms with E-state index in [1.165, 1.54) is 31.4 Å². The van der Waals surface area contributed by atoms with Gasteiger partial charge in [-0.25, -0.2) is 0 Å². The van der Waals surface area contributed by atoms with Crippen LogP contribution in [-0.2, 0) is 6.54 Å². The van der Waals surface area contributed by atoms with Gasteiger partial charge in [-0.1, -0.05) is 38.3 Å². The second kappa shape index (κ2) is 6.76. The Hall–Kier alpha value is -0.540. The summed E-state index contributed by atoms with van der Waals surface area (Å²) in [6.07, 6.45) is 7.01. The Morgan fingerprint density at radius 3 is 2.84 bits per heavy atom. The molecule has 0 aromatic carbocycles. The molecule has 1 aromatic heterocycles. The molecular formula is C15H26ClN3. The highest BCUT2D eigenvalue weighted by atomic mass is 35.5. The van der Waals surface area contributed by atoms with E-state index in [0.29, 0.717) is 17.9 Å². The molecule has 2 rings (SSSR count). The first-order valence-corrected chi connectivity index (χ1v) is 7.95. The second-order valence-electron chi connectivity index (χ2n) is 5.91. The number of nitrogens with one attached hydrogen (secondary N) is 1. The van der Waals surface area contributed by atoms with Crippen molar-refractivity contribution in [2.45, 2.75) is 65.0 Å². The SMILES string of the molecule is CCn1ncc(Cl)c1C1CCCCC1CNC(C)C. The monoisotopic (exact) mass is 283 g/mol. The maximum Gasteiger partial charge on any atom is 0.0820 e. The smallest absolute Gasteiger partial charge is 0.0820 e. The van der Waals surface area contributed by atoms with Crippen molar-refractivity contribution in [3.8, 4) is 0 Å². The maximum atomic E-state index is 6.38. The number of hydrogen-bond donors (Lipinski definition) is 1. The van der Waals surface area contributed by atoms with Gasteiger partial charge in [0.05, 0.1) is 16.9 Å². The van der Waals surface area contributed by atoms with Gasteiger partial charge >= 0.3 is 0 Å². The molecule has 1 saturated carbocycles. The van der Waals surface area contributed by atoms with Crippen LogP contribution in [0.25, 0.3) is 0 Å². The number of hydrogen-bond acceptors (Lipinski definition) is 2. The Balaban J connectivity index is 2.16. The van der Waals surface area contributed by atoms with Crippen LogP contribution >= 0.6 is 11.6 Å². The van der Waals surface area contributed by atoms with Crippen molar-refractivity contribution in [2.75, 3.05) is 6.54 Å². The molecule has 19 heavy (non-hydrogen) atoms. The first-order valence-electron chi connectivity index (χ1n) is 7.58. The third kappa shape index (κ3) is 3.51. The largest absolute Gasteiger partial charge is 0.314 e. The molecule has 3 nitrogen and oxygen atoms in total. The summed E-state index contributed by atoms with van der Waals surface area (Å²) in [4.78, 5) is 0. The predicted octanol–water partition coefficient (Wildman–Crippen LogP) is 3.83. The molecule has 2 atom stereocenters. The summed E-state index contributed by atoms with van der Waals surface area (Å²) in [5.74, 6) is 1.26. The molecule has 1 fully saturated rings. The van der Waals surface area contributed by atoms with Crippen molar-refractivity contribution in [2.24, 2.45) is 5.92 Å². The summed E-state index contributed by atoms with van der Waals surface area (Å²) in [7, 11) is 0. The lowest BCUT2D eigenvalue weighted by atomic mass is 9.77. The van der Waals surface area contributed by atoms with E-state index < -0.39 is 0 Å². The fourth-order valence-electron chi connectivity index (χ4n) is 3.19. The minimum atomic E-state index is 0.550. The fourth-order valence-corrected chi connectivity index (χ4v) is 3.47. The van der Waals surface area contributed by atoms with E-state index in [1.807, 2.05) is 6.20 Å². The lowest BCUT2D eigenvalue weighted by Gasteiger charge is -2.33. The number of rotatable bonds is 5. The van der Waals surface area contributed by atoms with Gasteiger partial charge in [0.15, 0.2) is 0 Å². The van der Waals surface area contributed by atoms with Crippen LogP contribution < -0.4 is 5.32 Å². The van der Waals surface area contributed by atoms with Crippen LogP contribution in [-0.4, -0.2) is 22.4 Å². The molecule has 0 aliphatic heterocycles. The number of aromatic nitrogens is 2. The molecule has 0 radical (unpaired) electrons. The van der Waals surface area contributed by atoms with Gasteiger partial charge < -0.3 is 5.32 Å². The quantitative estimate of drug-likeness (QED) is 0.890. The molecule has 1 N–H and O–H groups in total. The Morgan fingerprint density at radius 2 is 2.16 bits per heavy atom. The lowest BCUT2D eigenvalue weighted by Crippen LogP contribution is -2.34. The molecule has 1 aromatic rings. The average molecular weight is 284 g/mol. The van der Waals surface area contributed by atoms with Crippen LogP contribution in [0.3, 0.4) is 0 Å². The van der Waals surface area contributed by atoms with Crippen LogP contribution in [0.5, 0.6) is 0 Å². The van der Waals surface area contributed by atoms with Crippen LogP contribution in [0.15, 0.2) is 6.20 Å². The summed E-state index contributed by atoms with van der Waals surface area (Å²) in [5.41, 5.74) is 1.26. The minimum absolute atomic E-state index is 0.550. The highest BCUT2D eigenvalue weighted by Gasteiger charge is 2.30. The van der Waals surface area contributed by atoms with Crippen molar-refractivity contribution in [1.82, 2.24) is 15.1 Å². The molecule has 1 aliphatic carbocycles. The zero-order valence-electron chi connectivity index (χ0n) is 12.3. The lowest BCUT2D eigenvalue weighted by molar-refractivity contribution is 0.278. The van der Waals surface area contributed by atoms with E-state index >= 15 is 0 Å². The Kier molecular flexibility index (Phi) is 5.28. The summed E-state index contributed by atoms with van der Waals surface area (Å²) < 4.78 is 2.08. The van der Waals surface area contributed by atoms with E-state index in [2.05, 4.69) is 35.9 Å². The Morgan fingerprint density at radius 1 is 1.42 bits per heavy atom. The fraction of sp³-hybridized carbons (Fsp3) is 0.800. The van der Waals surface area contributed by atoms with Crippen molar-refractivity contribution in [1.29, 1.82) is 0 Å². The highest BCUT2D eigenvalue weighted by Crippen LogP contribution is 2.40. The van der Waals surface area contributed by atoms with Crippen molar-refractivity contribution >= 4 is 11.6 Å². The molecule has 1 heterocycles. The van der Waals surface area contributed by atoms with E-state index in [0.717, 1.165) is 18.1 Å². The van der Waals surface area contributed by atoms with Crippen LogP contribution in [0.1, 0.15) is 58.1 Å². The standard InChI is InChI=1S/C15H26ClN3/c1-4-19-15(14(16)10-18-19)13-8-6-5-7-12(13)9-17-11(2)3/h10-13,17H,4-9H2,1-3H3. The maximum absolute atomic E-state index is 6.38. The van der Waals surface area contributed by atoms with E-state index in [1.54, 1.807) is 0 Å². The van der Waals surface area contributed by atoms with Crippen molar-refractivity contribution in [3.05, 3.63) is 16.9 Å². The highest BCUT2D eigenvalue weighted by molar-refractivity contribution is 6.31. The predicted molar refractivity (Wildman–Crippen MR) is 80.7 cm³/mol. The van der Waals surface area contributed by atoms with Crippen molar-refractivity contribution in [3.63, 3.8) is 0 Å². The Bertz CT molecular complexity index is 400. The van der Waals surface area contributed by atoms with Gasteiger partial charge in [0.2, 0.25) is 0 Å². The van der Waals surface area contributed by atoms with Gasteiger partial charge in [-0.05, 0) is 32.2 Å². The van der Waals surface area contributed by atoms with Gasteiger partial charge in [0, 0.05) is 18.5 Å². The zero-order valence-corrected chi connectivity index (χ0v) is 13.1. The Labute approximate surface area is 121 Å². The zero-order chi connectivity index (χ0) is 13.8. The van der Waals surface area contributed by atoms with Gasteiger partial charge in [0.25, 0.3) is 0 Å². The molecule has 0 amide bonds. The topological polar surface area (TPSA) is 29.9 Å². The molecule has 0 saturated heterocycles. The van der Waals surface area contributed by atoms with Gasteiger partial charge in [-0.2, -0.15) is 5.10 Å². The normalized spacial score (nSPS) is 24.1. The molecular weight excluding hydrogens is 258 g/mol. The second-order valence-corrected chi connectivity index (χ2v) is 6.31. The van der Waals surface area contributed by atoms with Crippen LogP contribution in [0.4, 0.5) is 0 Å². The first-order chi connectivity index (χ1) is 9.13. The van der Waals surface area contributed by atoms with Crippen LogP contribution in [0, 0.1) is 5.92 Å². The number of halogens is 1. The molecule has 1 aliphatic rings. The minimum Gasteiger partial charge on any atom is -0.314 e. The molecule has 108 valence electrons. The number of nitrogens with zero attached hydrogens (tertiary/aromatic N) is 2. The first kappa shape index (κ1) is 14.9. The van der Waals surface area contributed by atoms with E-state index in [-0.39, 0.29) is 0 Å². The molecule has 0 bridgehead atoms. The summed E-state index contributed by atoms with van der Waals surface area (Å²) in [5, 5.41) is 8.84.